The molecule has 1 amide bonds. The van der Waals surface area contributed by atoms with Crippen LogP contribution in [-0.2, 0) is 0 Å². The summed E-state index contributed by atoms with van der Waals surface area (Å²) in [5.74, 6) is -0.269. The van der Waals surface area contributed by atoms with Gasteiger partial charge in [-0.05, 0) is 43.7 Å². The Morgan fingerprint density at radius 3 is 2.39 bits per heavy atom. The first-order chi connectivity index (χ1) is 15.0. The van der Waals surface area contributed by atoms with E-state index in [4.69, 9.17) is 4.42 Å². The summed E-state index contributed by atoms with van der Waals surface area (Å²) in [5.41, 5.74) is 1.03. The number of amides is 1. The maximum Gasteiger partial charge on any atom is 0.291 e. The zero-order valence-electron chi connectivity index (χ0n) is 17.5. The Morgan fingerprint density at radius 2 is 1.74 bits per heavy atom. The molecule has 3 aromatic rings. The van der Waals surface area contributed by atoms with Crippen molar-refractivity contribution in [2.45, 2.75) is 19.9 Å². The van der Waals surface area contributed by atoms with Gasteiger partial charge in [-0.25, -0.2) is 0 Å². The molecule has 31 heavy (non-hydrogen) atoms. The van der Waals surface area contributed by atoms with Crippen molar-refractivity contribution in [1.82, 2.24) is 4.90 Å². The second-order valence-electron chi connectivity index (χ2n) is 7.63. The third-order valence-corrected chi connectivity index (χ3v) is 6.00. The van der Waals surface area contributed by atoms with Gasteiger partial charge in [0, 0.05) is 12.1 Å². The smallest absolute Gasteiger partial charge is 0.291 e. The topological polar surface area (TPSA) is 98.1 Å². The van der Waals surface area contributed by atoms with E-state index in [-0.39, 0.29) is 22.8 Å². The normalized spacial score (nSPS) is 15.6. The molecular weight excluding hydrogens is 398 g/mol. The number of benzene rings is 2. The molecule has 0 saturated carbocycles. The molecule has 4 rings (SSSR count). The second kappa shape index (κ2) is 8.31. The fraction of sp³-hybridized carbons (Fsp3) is 0.304. The summed E-state index contributed by atoms with van der Waals surface area (Å²) in [6, 6.07) is 12.2. The first-order valence-corrected chi connectivity index (χ1v) is 10.4. The van der Waals surface area contributed by atoms with Crippen LogP contribution < -0.4 is 10.3 Å². The maximum absolute atomic E-state index is 13.4. The Kier molecular flexibility index (Phi) is 5.56. The van der Waals surface area contributed by atoms with Gasteiger partial charge in [-0.1, -0.05) is 12.1 Å². The molecular formula is C23H24N3O5+. The number of para-hydroxylation sites is 1. The van der Waals surface area contributed by atoms with Crippen LogP contribution in [0.1, 0.15) is 41.6 Å². The van der Waals surface area contributed by atoms with Crippen LogP contribution in [0.15, 0.2) is 57.7 Å². The van der Waals surface area contributed by atoms with E-state index in [0.717, 1.165) is 19.6 Å². The van der Waals surface area contributed by atoms with Crippen molar-refractivity contribution in [1.29, 1.82) is 0 Å². The molecule has 1 atom stereocenters. The van der Waals surface area contributed by atoms with E-state index >= 15 is 0 Å². The third-order valence-electron chi connectivity index (χ3n) is 6.00. The fourth-order valence-corrected chi connectivity index (χ4v) is 4.20. The summed E-state index contributed by atoms with van der Waals surface area (Å²) in [5, 5.41) is 11.5. The zero-order valence-corrected chi connectivity index (χ0v) is 17.5. The van der Waals surface area contributed by atoms with Crippen molar-refractivity contribution < 1.29 is 19.0 Å². The van der Waals surface area contributed by atoms with Crippen LogP contribution in [0.3, 0.4) is 0 Å². The molecule has 8 nitrogen and oxygen atoms in total. The molecule has 0 bridgehead atoms. The number of likely N-dealkylation sites (N-methyl/N-ethyl adjacent to an activating group) is 1. The molecule has 2 aromatic carbocycles. The Balaban J connectivity index is 1.85. The average molecular weight is 422 g/mol. The molecule has 0 fully saturated rings. The predicted octanol–water partition coefficient (Wildman–Crippen LogP) is 2.17. The van der Waals surface area contributed by atoms with E-state index in [1.807, 2.05) is 0 Å². The monoisotopic (exact) mass is 422 g/mol. The van der Waals surface area contributed by atoms with Crippen LogP contribution >= 0.6 is 0 Å². The standard InChI is InChI=1S/C23H23N3O5/c1-3-24(4-2)13-14-25-20(15-9-11-16(12-10-15)26(29)30)19-21(27)17-7-5-6-8-18(17)31-22(19)23(25)28/h5-12,20H,3-4,13-14H2,1-2H3/p+1/t20-/m0/s1. The Morgan fingerprint density at radius 1 is 1.06 bits per heavy atom. The molecule has 1 aliphatic heterocycles. The SMILES string of the molecule is CC[NH+](CC)CCN1C(=O)c2oc3ccccc3c(=O)c2[C@@H]1c1ccc([N+](=O)[O-])cc1. The van der Waals surface area contributed by atoms with Crippen LogP contribution in [0.25, 0.3) is 11.0 Å². The summed E-state index contributed by atoms with van der Waals surface area (Å²) in [6.45, 7) is 7.20. The summed E-state index contributed by atoms with van der Waals surface area (Å²) in [6.07, 6.45) is 0. The average Bonchev–Trinajstić information content (AvgIpc) is 3.06. The van der Waals surface area contributed by atoms with E-state index in [9.17, 15) is 19.7 Å². The first-order valence-electron chi connectivity index (χ1n) is 10.4. The van der Waals surface area contributed by atoms with Gasteiger partial charge in [-0.2, -0.15) is 0 Å². The molecule has 2 heterocycles. The van der Waals surface area contributed by atoms with Crippen molar-refractivity contribution in [3.63, 3.8) is 0 Å². The lowest BCUT2D eigenvalue weighted by molar-refractivity contribution is -0.895. The number of rotatable bonds is 7. The molecule has 1 aromatic heterocycles. The molecule has 0 unspecified atom stereocenters. The summed E-state index contributed by atoms with van der Waals surface area (Å²) < 4.78 is 5.89. The number of hydrogen-bond acceptors (Lipinski definition) is 5. The minimum absolute atomic E-state index is 0.0435. The Bertz CT molecular complexity index is 1200. The number of nitrogens with one attached hydrogen (secondary N) is 1. The number of carbonyl (C=O) groups is 1. The maximum atomic E-state index is 13.4. The summed E-state index contributed by atoms with van der Waals surface area (Å²) in [7, 11) is 0. The number of hydrogen-bond donors (Lipinski definition) is 1. The van der Waals surface area contributed by atoms with Crippen molar-refractivity contribution in [2.75, 3.05) is 26.2 Å². The lowest BCUT2D eigenvalue weighted by Crippen LogP contribution is -3.12. The van der Waals surface area contributed by atoms with Crippen LogP contribution in [-0.4, -0.2) is 41.9 Å². The highest BCUT2D eigenvalue weighted by Gasteiger charge is 2.43. The minimum atomic E-state index is -0.640. The number of nitro groups is 1. The number of nitro benzene ring substituents is 1. The number of quaternary nitrogens is 1. The zero-order chi connectivity index (χ0) is 22.1. The van der Waals surface area contributed by atoms with E-state index < -0.39 is 11.0 Å². The fourth-order valence-electron chi connectivity index (χ4n) is 4.20. The lowest BCUT2D eigenvalue weighted by atomic mass is 9.98. The van der Waals surface area contributed by atoms with Crippen LogP contribution in [0, 0.1) is 10.1 Å². The van der Waals surface area contributed by atoms with E-state index in [1.165, 1.54) is 17.0 Å². The van der Waals surface area contributed by atoms with E-state index in [0.29, 0.717) is 28.6 Å². The second-order valence-corrected chi connectivity index (χ2v) is 7.63. The van der Waals surface area contributed by atoms with Gasteiger partial charge in [0.25, 0.3) is 11.6 Å². The van der Waals surface area contributed by atoms with Gasteiger partial charge in [-0.15, -0.1) is 0 Å². The molecule has 0 radical (unpaired) electrons. The molecule has 0 saturated heterocycles. The molecule has 1 aliphatic rings. The number of non-ortho nitro benzene ring substituents is 1. The number of nitrogens with zero attached hydrogens (tertiary/aromatic N) is 2. The van der Waals surface area contributed by atoms with Crippen LogP contribution in [0.4, 0.5) is 5.69 Å². The van der Waals surface area contributed by atoms with E-state index in [2.05, 4.69) is 13.8 Å². The van der Waals surface area contributed by atoms with Crippen LogP contribution in [0.2, 0.25) is 0 Å². The minimum Gasteiger partial charge on any atom is -0.450 e. The highest BCUT2D eigenvalue weighted by atomic mass is 16.6. The summed E-state index contributed by atoms with van der Waals surface area (Å²) in [4.78, 5) is 40.3. The molecule has 1 N–H and O–H groups in total. The number of fused-ring (bicyclic) bond motifs is 2. The quantitative estimate of drug-likeness (QED) is 0.465. The van der Waals surface area contributed by atoms with Gasteiger partial charge in [0.2, 0.25) is 5.76 Å². The van der Waals surface area contributed by atoms with Crippen molar-refractivity contribution in [3.05, 3.63) is 85.8 Å². The van der Waals surface area contributed by atoms with Gasteiger partial charge < -0.3 is 14.2 Å². The summed E-state index contributed by atoms with van der Waals surface area (Å²) >= 11 is 0. The predicted molar refractivity (Wildman–Crippen MR) is 115 cm³/mol. The Hall–Kier alpha value is -3.52. The van der Waals surface area contributed by atoms with Gasteiger partial charge >= 0.3 is 0 Å². The molecule has 0 spiro atoms. The third kappa shape index (κ3) is 3.59. The van der Waals surface area contributed by atoms with Crippen molar-refractivity contribution >= 4 is 22.6 Å². The number of carbonyl (C=O) groups excluding carboxylic acids is 1. The van der Waals surface area contributed by atoms with Crippen molar-refractivity contribution in [3.8, 4) is 0 Å². The molecule has 160 valence electrons. The highest BCUT2D eigenvalue weighted by molar-refractivity contribution is 5.99. The van der Waals surface area contributed by atoms with Gasteiger partial charge in [0.1, 0.15) is 5.58 Å². The van der Waals surface area contributed by atoms with Gasteiger partial charge in [-0.3, -0.25) is 19.7 Å². The van der Waals surface area contributed by atoms with Gasteiger partial charge in [0.05, 0.1) is 48.1 Å². The first kappa shape index (κ1) is 20.7. The highest BCUT2D eigenvalue weighted by Crippen LogP contribution is 2.38. The molecule has 0 aliphatic carbocycles. The van der Waals surface area contributed by atoms with Crippen LogP contribution in [0.5, 0.6) is 0 Å². The van der Waals surface area contributed by atoms with Crippen molar-refractivity contribution in [2.24, 2.45) is 0 Å². The largest absolute Gasteiger partial charge is 0.450 e. The van der Waals surface area contributed by atoms with Gasteiger partial charge in [0.15, 0.2) is 5.43 Å². The Labute approximate surface area is 178 Å². The lowest BCUT2D eigenvalue weighted by Gasteiger charge is -2.26. The van der Waals surface area contributed by atoms with E-state index in [1.54, 1.807) is 41.3 Å². The molecule has 8 heteroatoms.